The van der Waals surface area contributed by atoms with Gasteiger partial charge in [0.15, 0.2) is 0 Å². The summed E-state index contributed by atoms with van der Waals surface area (Å²) in [5, 5.41) is 0. The van der Waals surface area contributed by atoms with Crippen LogP contribution in [0.4, 0.5) is 0 Å². The van der Waals surface area contributed by atoms with Crippen molar-refractivity contribution in [2.75, 3.05) is 0 Å². The molecular weight excluding hydrogens is 520 g/mol. The minimum atomic E-state index is 0. The second-order valence-corrected chi connectivity index (χ2v) is 0. The molecule has 0 nitrogen and oxygen atoms in total. The molecule has 0 aliphatic heterocycles. The van der Waals surface area contributed by atoms with E-state index in [2.05, 4.69) is 0 Å². The minimum absolute atomic E-state index is 0. The first kappa shape index (κ1) is 86.4. The van der Waals surface area contributed by atoms with Gasteiger partial charge in [-0.2, -0.15) is 0 Å². The molecule has 0 radical (unpaired) electrons. The van der Waals surface area contributed by atoms with Crippen molar-refractivity contribution in [1.29, 1.82) is 0 Å². The van der Waals surface area contributed by atoms with Crippen LogP contribution in [-0.2, 0) is 19.8 Å². The maximum atomic E-state index is 0. The van der Waals surface area contributed by atoms with E-state index in [1.165, 1.54) is 0 Å². The first-order valence-electron chi connectivity index (χ1n) is 0. The van der Waals surface area contributed by atoms with E-state index in [0.717, 1.165) is 0 Å². The minimum Gasteiger partial charge on any atom is -1.00 e. The molecule has 0 bridgehead atoms. The summed E-state index contributed by atoms with van der Waals surface area (Å²) < 4.78 is 0. The fourth-order valence-electron chi connectivity index (χ4n) is 0. The first-order chi connectivity index (χ1) is 0. The molecule has 0 aliphatic carbocycles. The van der Waals surface area contributed by atoms with E-state index in [0.29, 0.717) is 0 Å². The Morgan fingerprint density at radius 2 is 0.300 bits per heavy atom. The molecule has 0 saturated carbocycles. The van der Waals surface area contributed by atoms with Crippen LogP contribution in [0.3, 0.4) is 0 Å². The van der Waals surface area contributed by atoms with Gasteiger partial charge in [-0.25, -0.2) is 0 Å². The van der Waals surface area contributed by atoms with Gasteiger partial charge in [-0.05, 0) is 0 Å². The summed E-state index contributed by atoms with van der Waals surface area (Å²) in [5.41, 5.74) is 0. The van der Waals surface area contributed by atoms with Gasteiger partial charge in [0.25, 0.3) is 0 Å². The van der Waals surface area contributed by atoms with Gasteiger partial charge in [0.2, 0.25) is 0 Å². The van der Waals surface area contributed by atoms with Crippen molar-refractivity contribution >= 4 is 0 Å². The topological polar surface area (TPSA) is 0 Å². The fourth-order valence-corrected chi connectivity index (χ4v) is 0. The summed E-state index contributed by atoms with van der Waals surface area (Å²) >= 11 is 0. The molecule has 0 rings (SSSR count). The van der Waals surface area contributed by atoms with Gasteiger partial charge >= 0.3 is 154 Å². The molecule has 0 amide bonds. The molecule has 0 aromatic heterocycles. The molecule has 0 saturated heterocycles. The smallest absolute Gasteiger partial charge is 1.00 e. The Morgan fingerprint density at radius 1 is 0.300 bits per heavy atom. The Labute approximate surface area is 240 Å². The number of hydrogen-bond acceptors (Lipinski definition) is 0. The summed E-state index contributed by atoms with van der Waals surface area (Å²) in [5.74, 6) is 0. The number of rotatable bonds is 0. The Bertz CT molecular complexity index is 13.0. The first-order valence-corrected chi connectivity index (χ1v) is 0. The summed E-state index contributed by atoms with van der Waals surface area (Å²) in [6, 6.07) is 0. The third-order valence-electron chi connectivity index (χ3n) is 0. The largest absolute Gasteiger partial charge is 1.00 e. The summed E-state index contributed by atoms with van der Waals surface area (Å²) in [6.07, 6.45) is 0. The van der Waals surface area contributed by atoms with E-state index in [-0.39, 0.29) is 248 Å². The molecule has 10 heavy (non-hydrogen) atoms. The Morgan fingerprint density at radius 3 is 0.300 bits per heavy atom. The van der Waals surface area contributed by atoms with Crippen LogP contribution in [0.25, 0.3) is 0 Å². The quantitative estimate of drug-likeness (QED) is 0.279. The Balaban J connectivity index is 0. The van der Waals surface area contributed by atoms with E-state index in [1.54, 1.807) is 0 Å². The molecule has 0 spiro atoms. The van der Waals surface area contributed by atoms with Gasteiger partial charge in [-0.1, -0.05) is 0 Å². The number of halogens is 6. The van der Waals surface area contributed by atoms with Crippen molar-refractivity contribution in [2.24, 2.45) is 0 Å². The van der Waals surface area contributed by atoms with Crippen molar-refractivity contribution in [3.63, 3.8) is 0 Å². The second kappa shape index (κ2) is 71.7. The van der Waals surface area contributed by atoms with Crippen LogP contribution >= 0.6 is 0 Å². The third kappa shape index (κ3) is 58.8. The van der Waals surface area contributed by atoms with Crippen LogP contribution in [0.2, 0.25) is 0 Å². The predicted molar refractivity (Wildman–Crippen MR) is 0 cm³/mol. The molecule has 0 atom stereocenters. The fraction of sp³-hybridized carbons (Fsp3) is 0. The molecule has 0 N–H and O–H groups in total. The summed E-state index contributed by atoms with van der Waals surface area (Å²) in [4.78, 5) is 0. The van der Waals surface area contributed by atoms with Crippen LogP contribution in [0.1, 0.15) is 0 Å². The van der Waals surface area contributed by atoms with E-state index in [9.17, 15) is 0 Å². The van der Waals surface area contributed by atoms with Crippen LogP contribution < -0.4 is 229 Å². The van der Waals surface area contributed by atoms with Gasteiger partial charge in [-0.3, -0.25) is 0 Å². The van der Waals surface area contributed by atoms with Crippen LogP contribution in [-0.4, -0.2) is 0 Å². The molecule has 0 aromatic carbocycles. The van der Waals surface area contributed by atoms with E-state index < -0.39 is 0 Å². The molecular formula is Cl6K3Os-3. The zero-order valence-electron chi connectivity index (χ0n) is 5.62. The van der Waals surface area contributed by atoms with Crippen LogP contribution in [0, 0.1) is 0 Å². The van der Waals surface area contributed by atoms with E-state index in [1.807, 2.05) is 0 Å². The van der Waals surface area contributed by atoms with Gasteiger partial charge in [-0.15, -0.1) is 0 Å². The monoisotopic (exact) mass is 519 g/mol. The van der Waals surface area contributed by atoms with Crippen molar-refractivity contribution in [3.05, 3.63) is 0 Å². The zero-order valence-corrected chi connectivity index (χ0v) is 22.1. The molecule has 0 fully saturated rings. The van der Waals surface area contributed by atoms with Crippen LogP contribution in [0.15, 0.2) is 0 Å². The van der Waals surface area contributed by atoms with E-state index >= 15 is 0 Å². The molecule has 0 aromatic rings. The average Bonchev–Trinajstić information content (AvgIpc) is 0. The van der Waals surface area contributed by atoms with Crippen molar-refractivity contribution in [1.82, 2.24) is 0 Å². The Kier molecular flexibility index (Phi) is 619. The third-order valence-corrected chi connectivity index (χ3v) is 0. The molecule has 0 unspecified atom stereocenters. The maximum absolute atomic E-state index is 0. The van der Waals surface area contributed by atoms with E-state index in [4.69, 9.17) is 0 Å². The molecule has 0 aliphatic rings. The molecule has 0 heterocycles. The van der Waals surface area contributed by atoms with Crippen molar-refractivity contribution < 1.29 is 248 Å². The SMILES string of the molecule is [Cl-].[Cl-].[Cl-].[Cl-].[Cl-].[Cl-].[K+].[K+].[K+].[Os]. The summed E-state index contributed by atoms with van der Waals surface area (Å²) in [7, 11) is 0. The summed E-state index contributed by atoms with van der Waals surface area (Å²) in [6.45, 7) is 0. The zero-order chi connectivity index (χ0) is 0. The van der Waals surface area contributed by atoms with Gasteiger partial charge in [0, 0.05) is 19.8 Å². The normalized spacial score (nSPS) is 0. The molecule has 56 valence electrons. The maximum Gasteiger partial charge on any atom is 1.00 e. The second-order valence-electron chi connectivity index (χ2n) is 0. The van der Waals surface area contributed by atoms with Gasteiger partial charge < -0.3 is 74.4 Å². The van der Waals surface area contributed by atoms with Gasteiger partial charge in [0.05, 0.1) is 0 Å². The average molecular weight is 520 g/mol. The number of hydrogen-bond donors (Lipinski definition) is 0. The molecule has 10 heteroatoms. The standard InChI is InChI=1S/6ClH.3K.Os/h6*1H;;;;/q;;;;;;3*+1;/p-6. The van der Waals surface area contributed by atoms with Crippen molar-refractivity contribution in [2.45, 2.75) is 0 Å². The predicted octanol–water partition coefficient (Wildman–Crippen LogP) is -27.0. The van der Waals surface area contributed by atoms with Crippen LogP contribution in [0.5, 0.6) is 0 Å². The van der Waals surface area contributed by atoms with Gasteiger partial charge in [0.1, 0.15) is 0 Å². The van der Waals surface area contributed by atoms with Crippen molar-refractivity contribution in [3.8, 4) is 0 Å². The Hall–Kier alpha value is 7.29.